The van der Waals surface area contributed by atoms with Gasteiger partial charge in [0.05, 0.1) is 5.69 Å². The molecule has 0 amide bonds. The maximum Gasteiger partial charge on any atom is 0.328 e. The molecule has 0 radical (unpaired) electrons. The fourth-order valence-electron chi connectivity index (χ4n) is 1.58. The van der Waals surface area contributed by atoms with E-state index in [1.54, 1.807) is 24.4 Å². The molecule has 0 spiro atoms. The van der Waals surface area contributed by atoms with E-state index in [9.17, 15) is 4.79 Å². The molecule has 5 heteroatoms. The van der Waals surface area contributed by atoms with Gasteiger partial charge in [-0.05, 0) is 36.4 Å². The summed E-state index contributed by atoms with van der Waals surface area (Å²) in [6, 6.07) is 10.6. The zero-order valence-corrected chi connectivity index (χ0v) is 11.2. The number of benzene rings is 1. The van der Waals surface area contributed by atoms with E-state index in [2.05, 4.69) is 4.98 Å². The number of pyridine rings is 1. The van der Waals surface area contributed by atoms with Crippen LogP contribution in [0.25, 0.3) is 6.08 Å². The monoisotopic (exact) mass is 289 g/mol. The molecule has 1 N–H and O–H groups in total. The number of carbonyl (C=O) groups is 1. The molecule has 1 aromatic heterocycles. The SMILES string of the molecule is O=C(O)C=Cc1cc(Cl)ccc1OCc1ccccn1. The van der Waals surface area contributed by atoms with Gasteiger partial charge in [-0.15, -0.1) is 0 Å². The minimum absolute atomic E-state index is 0.302. The molecule has 4 nitrogen and oxygen atoms in total. The molecule has 2 aromatic rings. The van der Waals surface area contributed by atoms with Crippen LogP contribution in [0.3, 0.4) is 0 Å². The fourth-order valence-corrected chi connectivity index (χ4v) is 1.76. The lowest BCUT2D eigenvalue weighted by Crippen LogP contribution is -1.99. The van der Waals surface area contributed by atoms with Gasteiger partial charge in [-0.3, -0.25) is 4.98 Å². The van der Waals surface area contributed by atoms with Gasteiger partial charge in [0, 0.05) is 22.9 Å². The molecule has 0 saturated carbocycles. The lowest BCUT2D eigenvalue weighted by atomic mass is 10.2. The first-order chi connectivity index (χ1) is 9.65. The average Bonchev–Trinajstić information content (AvgIpc) is 2.45. The van der Waals surface area contributed by atoms with Crippen molar-refractivity contribution in [3.8, 4) is 5.75 Å². The van der Waals surface area contributed by atoms with Crippen LogP contribution in [0.1, 0.15) is 11.3 Å². The van der Waals surface area contributed by atoms with E-state index in [0.29, 0.717) is 22.9 Å². The Morgan fingerprint density at radius 2 is 2.20 bits per heavy atom. The highest BCUT2D eigenvalue weighted by atomic mass is 35.5. The summed E-state index contributed by atoms with van der Waals surface area (Å²) in [7, 11) is 0. The van der Waals surface area contributed by atoms with Crippen LogP contribution < -0.4 is 4.74 Å². The number of carboxylic acids is 1. The normalized spacial score (nSPS) is 10.7. The van der Waals surface area contributed by atoms with Gasteiger partial charge in [-0.1, -0.05) is 17.7 Å². The van der Waals surface area contributed by atoms with E-state index >= 15 is 0 Å². The molecule has 20 heavy (non-hydrogen) atoms. The van der Waals surface area contributed by atoms with E-state index < -0.39 is 5.97 Å². The minimum atomic E-state index is -1.03. The predicted molar refractivity (Wildman–Crippen MR) is 76.7 cm³/mol. The lowest BCUT2D eigenvalue weighted by molar-refractivity contribution is -0.131. The molecule has 102 valence electrons. The van der Waals surface area contributed by atoms with Gasteiger partial charge in [0.25, 0.3) is 0 Å². The van der Waals surface area contributed by atoms with Gasteiger partial charge >= 0.3 is 5.97 Å². The number of nitrogens with zero attached hydrogens (tertiary/aromatic N) is 1. The highest BCUT2D eigenvalue weighted by Crippen LogP contribution is 2.25. The van der Waals surface area contributed by atoms with Gasteiger partial charge in [-0.25, -0.2) is 4.79 Å². The van der Waals surface area contributed by atoms with Gasteiger partial charge in [0.15, 0.2) is 0 Å². The van der Waals surface area contributed by atoms with Crippen LogP contribution in [0.2, 0.25) is 5.02 Å². The Hall–Kier alpha value is -2.33. The molecule has 1 heterocycles. The third kappa shape index (κ3) is 4.10. The van der Waals surface area contributed by atoms with Crippen LogP contribution in [0.4, 0.5) is 0 Å². The topological polar surface area (TPSA) is 59.4 Å². The van der Waals surface area contributed by atoms with Crippen LogP contribution >= 0.6 is 11.6 Å². The van der Waals surface area contributed by atoms with E-state index in [0.717, 1.165) is 11.8 Å². The second-order valence-corrected chi connectivity index (χ2v) is 4.40. The molecule has 0 fully saturated rings. The Kier molecular flexibility index (Phi) is 4.74. The van der Waals surface area contributed by atoms with Crippen molar-refractivity contribution in [3.05, 3.63) is 65.0 Å². The van der Waals surface area contributed by atoms with Crippen molar-refractivity contribution in [1.29, 1.82) is 0 Å². The maximum atomic E-state index is 10.6. The highest BCUT2D eigenvalue weighted by molar-refractivity contribution is 6.30. The average molecular weight is 290 g/mol. The van der Waals surface area contributed by atoms with Crippen LogP contribution in [0.15, 0.2) is 48.7 Å². The molecular formula is C15H12ClNO3. The van der Waals surface area contributed by atoms with E-state index in [4.69, 9.17) is 21.4 Å². The van der Waals surface area contributed by atoms with Crippen LogP contribution in [0.5, 0.6) is 5.75 Å². The smallest absolute Gasteiger partial charge is 0.328 e. The summed E-state index contributed by atoms with van der Waals surface area (Å²) in [5, 5.41) is 9.19. The molecule has 0 bridgehead atoms. The molecule has 0 saturated heterocycles. The number of hydrogen-bond donors (Lipinski definition) is 1. The van der Waals surface area contributed by atoms with Crippen molar-refractivity contribution in [1.82, 2.24) is 4.98 Å². The molecule has 0 unspecified atom stereocenters. The Balaban J connectivity index is 2.16. The summed E-state index contributed by atoms with van der Waals surface area (Å²) in [4.78, 5) is 14.7. The standard InChI is InChI=1S/C15H12ClNO3/c16-12-5-6-14(11(9-12)4-7-15(18)19)20-10-13-3-1-2-8-17-13/h1-9H,10H2,(H,18,19). The largest absolute Gasteiger partial charge is 0.487 e. The Bertz CT molecular complexity index is 626. The first kappa shape index (κ1) is 14.1. The number of carboxylic acid groups (broad SMARTS) is 1. The first-order valence-electron chi connectivity index (χ1n) is 5.88. The van der Waals surface area contributed by atoms with Crippen molar-refractivity contribution < 1.29 is 14.6 Å². The van der Waals surface area contributed by atoms with Gasteiger partial charge in [0.1, 0.15) is 12.4 Å². The third-order valence-electron chi connectivity index (χ3n) is 2.48. The van der Waals surface area contributed by atoms with Gasteiger partial charge in [-0.2, -0.15) is 0 Å². The van der Waals surface area contributed by atoms with Crippen LogP contribution in [-0.2, 0) is 11.4 Å². The number of aliphatic carboxylic acids is 1. The second-order valence-electron chi connectivity index (χ2n) is 3.96. The zero-order chi connectivity index (χ0) is 14.4. The summed E-state index contributed by atoms with van der Waals surface area (Å²) >= 11 is 5.90. The van der Waals surface area contributed by atoms with Crippen LogP contribution in [-0.4, -0.2) is 16.1 Å². The van der Waals surface area contributed by atoms with Crippen LogP contribution in [0, 0.1) is 0 Å². The molecule has 0 aliphatic rings. The summed E-state index contributed by atoms with van der Waals surface area (Å²) < 4.78 is 5.65. The molecule has 0 atom stereocenters. The Morgan fingerprint density at radius 1 is 1.35 bits per heavy atom. The van der Waals surface area contributed by atoms with Gasteiger partial charge < -0.3 is 9.84 Å². The Labute approximate surface area is 121 Å². The fraction of sp³-hybridized carbons (Fsp3) is 0.0667. The number of aromatic nitrogens is 1. The number of halogens is 1. The summed E-state index contributed by atoms with van der Waals surface area (Å²) in [5.41, 5.74) is 1.39. The van der Waals surface area contributed by atoms with E-state index in [-0.39, 0.29) is 0 Å². The summed E-state index contributed by atoms with van der Waals surface area (Å²) in [6.07, 6.45) is 4.17. The van der Waals surface area contributed by atoms with Gasteiger partial charge in [0.2, 0.25) is 0 Å². The first-order valence-corrected chi connectivity index (χ1v) is 6.26. The lowest BCUT2D eigenvalue weighted by Gasteiger charge is -2.09. The molecule has 0 aliphatic carbocycles. The number of ether oxygens (including phenoxy) is 1. The molecule has 1 aromatic carbocycles. The number of hydrogen-bond acceptors (Lipinski definition) is 3. The molecular weight excluding hydrogens is 278 g/mol. The minimum Gasteiger partial charge on any atom is -0.487 e. The molecule has 0 aliphatic heterocycles. The van der Waals surface area contributed by atoms with E-state index in [1.165, 1.54) is 6.08 Å². The van der Waals surface area contributed by atoms with E-state index in [1.807, 2.05) is 18.2 Å². The zero-order valence-electron chi connectivity index (χ0n) is 10.5. The Morgan fingerprint density at radius 3 is 2.90 bits per heavy atom. The number of rotatable bonds is 5. The second kappa shape index (κ2) is 6.73. The van der Waals surface area contributed by atoms with Crippen molar-refractivity contribution in [3.63, 3.8) is 0 Å². The molecule has 2 rings (SSSR count). The highest BCUT2D eigenvalue weighted by Gasteiger charge is 2.04. The van der Waals surface area contributed by atoms with Crippen molar-refractivity contribution in [2.24, 2.45) is 0 Å². The van der Waals surface area contributed by atoms with Crippen molar-refractivity contribution in [2.75, 3.05) is 0 Å². The third-order valence-corrected chi connectivity index (χ3v) is 2.71. The quantitative estimate of drug-likeness (QED) is 0.857. The predicted octanol–water partition coefficient (Wildman–Crippen LogP) is 3.41. The summed E-state index contributed by atoms with van der Waals surface area (Å²) in [5.74, 6) is -0.474. The van der Waals surface area contributed by atoms with Crippen molar-refractivity contribution in [2.45, 2.75) is 6.61 Å². The van der Waals surface area contributed by atoms with Crippen molar-refractivity contribution >= 4 is 23.6 Å². The maximum absolute atomic E-state index is 10.6. The summed E-state index contributed by atoms with van der Waals surface area (Å²) in [6.45, 7) is 0.302.